The molecule has 1 aromatic rings. The van der Waals surface area contributed by atoms with Crippen LogP contribution in [0.25, 0.3) is 0 Å². The van der Waals surface area contributed by atoms with Crippen LogP contribution in [0.1, 0.15) is 58.8 Å². The van der Waals surface area contributed by atoms with Gasteiger partial charge in [-0.15, -0.1) is 11.8 Å². The number of aliphatic hydroxyl groups is 1. The average Bonchev–Trinajstić information content (AvgIpc) is 2.45. The van der Waals surface area contributed by atoms with Gasteiger partial charge in [0.05, 0.1) is 6.10 Å². The van der Waals surface area contributed by atoms with Crippen LogP contribution in [0.5, 0.6) is 0 Å². The molecular weight excluding hydrogens is 252 g/mol. The lowest BCUT2D eigenvalue weighted by Crippen LogP contribution is -2.23. The summed E-state index contributed by atoms with van der Waals surface area (Å²) in [5, 5.41) is 10.7. The normalized spacial score (nSPS) is 14.3. The maximum Gasteiger partial charge on any atom is 0.0662 e. The van der Waals surface area contributed by atoms with Crippen LogP contribution >= 0.6 is 11.8 Å². The lowest BCUT2D eigenvalue weighted by atomic mass is 10.0. The van der Waals surface area contributed by atoms with E-state index in [1.54, 1.807) is 0 Å². The van der Waals surface area contributed by atoms with Crippen molar-refractivity contribution in [2.24, 2.45) is 0 Å². The van der Waals surface area contributed by atoms with Crippen molar-refractivity contribution in [2.45, 2.75) is 75.0 Å². The zero-order chi connectivity index (χ0) is 13.9. The fourth-order valence-corrected chi connectivity index (χ4v) is 3.44. The molecule has 1 aromatic carbocycles. The van der Waals surface area contributed by atoms with E-state index in [0.29, 0.717) is 5.25 Å². The lowest BCUT2D eigenvalue weighted by molar-refractivity contribution is 0.154. The molecule has 108 valence electrons. The molecule has 0 aromatic heterocycles. The second-order valence-corrected chi connectivity index (χ2v) is 6.49. The van der Waals surface area contributed by atoms with E-state index < -0.39 is 0 Å². The van der Waals surface area contributed by atoms with Crippen LogP contribution in [0.15, 0.2) is 35.2 Å². The van der Waals surface area contributed by atoms with Crippen molar-refractivity contribution in [1.82, 2.24) is 0 Å². The molecular formula is C17H28OS. The van der Waals surface area contributed by atoms with Crippen LogP contribution in [0.2, 0.25) is 0 Å². The zero-order valence-corrected chi connectivity index (χ0v) is 13.2. The van der Waals surface area contributed by atoms with Crippen LogP contribution in [0, 0.1) is 0 Å². The van der Waals surface area contributed by atoms with Crippen LogP contribution in [0.3, 0.4) is 0 Å². The molecule has 0 saturated carbocycles. The molecule has 1 nitrogen and oxygen atoms in total. The van der Waals surface area contributed by atoms with Gasteiger partial charge in [0.15, 0.2) is 0 Å². The van der Waals surface area contributed by atoms with E-state index in [1.165, 1.54) is 24.2 Å². The van der Waals surface area contributed by atoms with E-state index in [4.69, 9.17) is 0 Å². The summed E-state index contributed by atoms with van der Waals surface area (Å²) < 4.78 is 0. The van der Waals surface area contributed by atoms with Crippen LogP contribution in [0.4, 0.5) is 0 Å². The molecule has 0 amide bonds. The van der Waals surface area contributed by atoms with Crippen molar-refractivity contribution in [3.63, 3.8) is 0 Å². The number of rotatable bonds is 10. The molecule has 1 rings (SSSR count). The van der Waals surface area contributed by atoms with Gasteiger partial charge >= 0.3 is 0 Å². The molecule has 2 heteroatoms. The van der Waals surface area contributed by atoms with Crippen molar-refractivity contribution in [1.29, 1.82) is 0 Å². The number of benzene rings is 1. The van der Waals surface area contributed by atoms with E-state index in [0.717, 1.165) is 25.7 Å². The number of aliphatic hydroxyl groups excluding tert-OH is 1. The monoisotopic (exact) mass is 280 g/mol. The fourth-order valence-electron chi connectivity index (χ4n) is 2.20. The zero-order valence-electron chi connectivity index (χ0n) is 12.3. The summed E-state index contributed by atoms with van der Waals surface area (Å²) in [6.07, 6.45) is 7.92. The first-order valence-electron chi connectivity index (χ1n) is 7.67. The third-order valence-corrected chi connectivity index (χ3v) is 4.80. The largest absolute Gasteiger partial charge is 0.392 e. The van der Waals surface area contributed by atoms with Gasteiger partial charge in [0.1, 0.15) is 0 Å². The Morgan fingerprint density at radius 2 is 1.63 bits per heavy atom. The van der Waals surface area contributed by atoms with Crippen molar-refractivity contribution >= 4 is 11.8 Å². The number of thioether (sulfide) groups is 1. The van der Waals surface area contributed by atoms with Crippen molar-refractivity contribution in [3.05, 3.63) is 30.3 Å². The predicted octanol–water partition coefficient (Wildman–Crippen LogP) is 5.28. The summed E-state index contributed by atoms with van der Waals surface area (Å²) >= 11 is 1.85. The Morgan fingerprint density at radius 3 is 2.26 bits per heavy atom. The first-order valence-corrected chi connectivity index (χ1v) is 8.55. The van der Waals surface area contributed by atoms with Crippen LogP contribution < -0.4 is 0 Å². The van der Waals surface area contributed by atoms with E-state index in [1.807, 2.05) is 17.8 Å². The number of hydrogen-bond donors (Lipinski definition) is 1. The summed E-state index contributed by atoms with van der Waals surface area (Å²) in [6.45, 7) is 4.41. The van der Waals surface area contributed by atoms with Gasteiger partial charge < -0.3 is 5.11 Å². The van der Waals surface area contributed by atoms with Gasteiger partial charge in [-0.1, -0.05) is 64.2 Å². The SMILES string of the molecule is CCCCC[C@@H](Sc1ccccc1)[C@@H](O)CCCC. The minimum atomic E-state index is -0.165. The van der Waals surface area contributed by atoms with Gasteiger partial charge in [-0.05, 0) is 25.0 Å². The standard InChI is InChI=1S/C17H28OS/c1-3-5-8-14-17(16(18)13-6-4-2)19-15-11-9-7-10-12-15/h7,9-12,16-18H,3-6,8,13-14H2,1-2H3/t16-,17+/m0/s1. The van der Waals surface area contributed by atoms with Crippen molar-refractivity contribution in [2.75, 3.05) is 0 Å². The molecule has 0 fully saturated rings. The van der Waals surface area contributed by atoms with Gasteiger partial charge in [0.2, 0.25) is 0 Å². The highest BCUT2D eigenvalue weighted by molar-refractivity contribution is 8.00. The number of unbranched alkanes of at least 4 members (excludes halogenated alkanes) is 3. The predicted molar refractivity (Wildman–Crippen MR) is 85.8 cm³/mol. The molecule has 0 spiro atoms. The Balaban J connectivity index is 2.52. The summed E-state index contributed by atoms with van der Waals surface area (Å²) in [5.41, 5.74) is 0. The van der Waals surface area contributed by atoms with E-state index >= 15 is 0 Å². The fraction of sp³-hybridized carbons (Fsp3) is 0.647. The molecule has 19 heavy (non-hydrogen) atoms. The first-order chi connectivity index (χ1) is 9.27. The molecule has 1 N–H and O–H groups in total. The van der Waals surface area contributed by atoms with E-state index in [-0.39, 0.29) is 6.10 Å². The topological polar surface area (TPSA) is 20.2 Å². The molecule has 0 heterocycles. The highest BCUT2D eigenvalue weighted by atomic mass is 32.2. The summed E-state index contributed by atoms with van der Waals surface area (Å²) in [7, 11) is 0. The van der Waals surface area contributed by atoms with Gasteiger partial charge in [-0.2, -0.15) is 0 Å². The number of hydrogen-bond acceptors (Lipinski definition) is 2. The maximum absolute atomic E-state index is 10.4. The quantitative estimate of drug-likeness (QED) is 0.465. The van der Waals surface area contributed by atoms with Gasteiger partial charge in [0, 0.05) is 10.1 Å². The first kappa shape index (κ1) is 16.6. The molecule has 0 radical (unpaired) electrons. The molecule has 0 saturated heterocycles. The Hall–Kier alpha value is -0.470. The third-order valence-electron chi connectivity index (χ3n) is 3.41. The molecule has 0 bridgehead atoms. The maximum atomic E-state index is 10.4. The van der Waals surface area contributed by atoms with Crippen molar-refractivity contribution in [3.8, 4) is 0 Å². The highest BCUT2D eigenvalue weighted by Crippen LogP contribution is 2.30. The van der Waals surface area contributed by atoms with Crippen LogP contribution in [-0.2, 0) is 0 Å². The average molecular weight is 280 g/mol. The highest BCUT2D eigenvalue weighted by Gasteiger charge is 2.19. The summed E-state index contributed by atoms with van der Waals surface area (Å²) in [5.74, 6) is 0. The molecule has 0 aliphatic rings. The Kier molecular flexibility index (Phi) is 9.02. The second kappa shape index (κ2) is 10.3. The molecule has 0 aliphatic heterocycles. The van der Waals surface area contributed by atoms with Gasteiger partial charge in [-0.25, -0.2) is 0 Å². The molecule has 0 aliphatic carbocycles. The minimum absolute atomic E-state index is 0.165. The second-order valence-electron chi connectivity index (χ2n) is 5.17. The molecule has 0 unspecified atom stereocenters. The van der Waals surface area contributed by atoms with Gasteiger partial charge in [0.25, 0.3) is 0 Å². The van der Waals surface area contributed by atoms with Gasteiger partial charge in [-0.3, -0.25) is 0 Å². The smallest absolute Gasteiger partial charge is 0.0662 e. The van der Waals surface area contributed by atoms with E-state index in [2.05, 4.69) is 38.1 Å². The van der Waals surface area contributed by atoms with Crippen molar-refractivity contribution < 1.29 is 5.11 Å². The summed E-state index contributed by atoms with van der Waals surface area (Å²) in [6, 6.07) is 10.5. The Bertz CT molecular complexity index is 312. The lowest BCUT2D eigenvalue weighted by Gasteiger charge is -2.22. The molecule has 2 atom stereocenters. The van der Waals surface area contributed by atoms with Crippen LogP contribution in [-0.4, -0.2) is 16.5 Å². The third kappa shape index (κ3) is 7.03. The van der Waals surface area contributed by atoms with E-state index in [9.17, 15) is 5.11 Å². The minimum Gasteiger partial charge on any atom is -0.392 e. The Labute approximate surface area is 122 Å². The Morgan fingerprint density at radius 1 is 0.947 bits per heavy atom. The summed E-state index contributed by atoms with van der Waals surface area (Å²) in [4.78, 5) is 1.28.